The monoisotopic (exact) mass is 466 g/mol. The van der Waals surface area contributed by atoms with Crippen molar-refractivity contribution >= 4 is 5.91 Å². The van der Waals surface area contributed by atoms with E-state index in [1.165, 1.54) is 17.7 Å². The molecule has 0 fully saturated rings. The second-order valence-corrected chi connectivity index (χ2v) is 8.79. The second kappa shape index (κ2) is 8.09. The number of hydrogen-bond donors (Lipinski definition) is 0. The van der Waals surface area contributed by atoms with Gasteiger partial charge in [0.15, 0.2) is 0 Å². The van der Waals surface area contributed by atoms with Crippen molar-refractivity contribution in [3.8, 4) is 22.8 Å². The number of amides is 1. The van der Waals surface area contributed by atoms with Crippen molar-refractivity contribution in [2.75, 3.05) is 0 Å². The number of fused-ring (bicyclic) bond motifs is 1. The number of aromatic nitrogens is 5. The summed E-state index contributed by atoms with van der Waals surface area (Å²) in [5.74, 6) is 0.504. The zero-order valence-electron chi connectivity index (χ0n) is 19.4. The van der Waals surface area contributed by atoms with E-state index in [1.807, 2.05) is 33.8 Å². The Morgan fingerprint density at radius 2 is 1.66 bits per heavy atom. The number of aryl methyl sites for hydroxylation is 2. The number of carbonyl (C=O) groups excluding carboxylic acids is 1. The lowest BCUT2D eigenvalue weighted by Gasteiger charge is -2.17. The molecule has 4 heterocycles. The lowest BCUT2D eigenvalue weighted by molar-refractivity contribution is 0.0738. The fourth-order valence-electron chi connectivity index (χ4n) is 4.54. The van der Waals surface area contributed by atoms with Gasteiger partial charge in [-0.2, -0.15) is 10.2 Å². The van der Waals surface area contributed by atoms with Crippen LogP contribution in [-0.4, -0.2) is 34.9 Å². The van der Waals surface area contributed by atoms with Gasteiger partial charge in [0.25, 0.3) is 5.91 Å². The van der Waals surface area contributed by atoms with Gasteiger partial charge >= 0.3 is 0 Å². The van der Waals surface area contributed by atoms with Gasteiger partial charge < -0.3 is 9.47 Å². The molecule has 3 aromatic heterocycles. The van der Waals surface area contributed by atoms with Crippen molar-refractivity contribution in [2.45, 2.75) is 20.0 Å². The van der Waals surface area contributed by atoms with Gasteiger partial charge in [0, 0.05) is 30.6 Å². The third-order valence-electron chi connectivity index (χ3n) is 6.38. The molecule has 2 aromatic carbocycles. The van der Waals surface area contributed by atoms with Crippen molar-refractivity contribution in [3.63, 3.8) is 0 Å². The molecule has 7 nitrogen and oxygen atoms in total. The molecule has 35 heavy (non-hydrogen) atoms. The highest BCUT2D eigenvalue weighted by Gasteiger charge is 2.33. The maximum Gasteiger partial charge on any atom is 0.272 e. The molecule has 0 radical (unpaired) electrons. The van der Waals surface area contributed by atoms with E-state index >= 15 is 0 Å². The summed E-state index contributed by atoms with van der Waals surface area (Å²) in [5, 5.41) is 9.38. The molecule has 0 unspecified atom stereocenters. The van der Waals surface area contributed by atoms with E-state index in [9.17, 15) is 9.18 Å². The first-order valence-corrected chi connectivity index (χ1v) is 11.4. The predicted molar refractivity (Wildman–Crippen MR) is 130 cm³/mol. The Labute approximate surface area is 201 Å². The molecule has 6 rings (SSSR count). The summed E-state index contributed by atoms with van der Waals surface area (Å²) in [4.78, 5) is 15.3. The molecule has 5 aromatic rings. The van der Waals surface area contributed by atoms with Crippen LogP contribution < -0.4 is 0 Å². The highest BCUT2D eigenvalue weighted by Crippen LogP contribution is 2.32. The van der Waals surface area contributed by atoms with E-state index in [4.69, 9.17) is 5.10 Å². The number of hydrogen-bond acceptors (Lipinski definition) is 3. The molecule has 0 saturated carbocycles. The molecular formula is C27H23FN6O. The molecule has 0 spiro atoms. The van der Waals surface area contributed by atoms with E-state index in [-0.39, 0.29) is 11.7 Å². The maximum atomic E-state index is 13.5. The second-order valence-electron chi connectivity index (χ2n) is 8.79. The summed E-state index contributed by atoms with van der Waals surface area (Å²) in [7, 11) is 1.75. The van der Waals surface area contributed by atoms with Crippen LogP contribution in [0.5, 0.6) is 0 Å². The van der Waals surface area contributed by atoms with Crippen LogP contribution in [0, 0.1) is 12.7 Å². The van der Waals surface area contributed by atoms with Crippen LogP contribution in [0.2, 0.25) is 0 Å². The Morgan fingerprint density at radius 3 is 2.37 bits per heavy atom. The molecular weight excluding hydrogens is 443 g/mol. The summed E-state index contributed by atoms with van der Waals surface area (Å²) in [6, 6.07) is 20.1. The molecule has 174 valence electrons. The summed E-state index contributed by atoms with van der Waals surface area (Å²) < 4.78 is 18.9. The average Bonchev–Trinajstić information content (AvgIpc) is 3.63. The van der Waals surface area contributed by atoms with E-state index in [0.29, 0.717) is 24.5 Å². The van der Waals surface area contributed by atoms with Gasteiger partial charge in [-0.15, -0.1) is 0 Å². The van der Waals surface area contributed by atoms with Crippen LogP contribution in [-0.2, 0) is 20.1 Å². The first kappa shape index (κ1) is 21.1. The van der Waals surface area contributed by atoms with E-state index in [0.717, 1.165) is 28.3 Å². The number of halogens is 1. The Morgan fingerprint density at radius 1 is 0.943 bits per heavy atom. The Balaban J connectivity index is 1.33. The fourth-order valence-corrected chi connectivity index (χ4v) is 4.54. The normalized spacial score (nSPS) is 12.8. The van der Waals surface area contributed by atoms with Crippen molar-refractivity contribution in [1.82, 2.24) is 29.0 Å². The third kappa shape index (κ3) is 3.63. The lowest BCUT2D eigenvalue weighted by Crippen LogP contribution is -2.28. The quantitative estimate of drug-likeness (QED) is 0.387. The first-order chi connectivity index (χ1) is 17.0. The molecule has 1 aliphatic heterocycles. The van der Waals surface area contributed by atoms with Crippen LogP contribution in [0.4, 0.5) is 4.39 Å². The molecule has 8 heteroatoms. The average molecular weight is 467 g/mol. The summed E-state index contributed by atoms with van der Waals surface area (Å²) in [5.41, 5.74) is 5.93. The Kier molecular flexibility index (Phi) is 4.88. The van der Waals surface area contributed by atoms with Crippen LogP contribution in [0.15, 0.2) is 79.1 Å². The lowest BCUT2D eigenvalue weighted by atomic mass is 10.1. The smallest absolute Gasteiger partial charge is 0.272 e. The SMILES string of the molecule is Cc1ccc(-n2nc3c(c2-n2cccc2)CN(C(=O)c2cc(-c4ccc(F)cc4)nn2C)C3)cc1. The molecule has 0 atom stereocenters. The van der Waals surface area contributed by atoms with Gasteiger partial charge in [0.05, 0.1) is 30.2 Å². The van der Waals surface area contributed by atoms with Crippen molar-refractivity contribution in [1.29, 1.82) is 0 Å². The Hall–Kier alpha value is -4.46. The highest BCUT2D eigenvalue weighted by molar-refractivity contribution is 5.94. The maximum absolute atomic E-state index is 13.5. The summed E-state index contributed by atoms with van der Waals surface area (Å²) in [6.07, 6.45) is 3.98. The molecule has 0 saturated heterocycles. The largest absolute Gasteiger partial charge is 0.327 e. The van der Waals surface area contributed by atoms with Gasteiger partial charge in [0.2, 0.25) is 0 Å². The van der Waals surface area contributed by atoms with Crippen LogP contribution in [0.25, 0.3) is 22.8 Å². The summed E-state index contributed by atoms with van der Waals surface area (Å²) >= 11 is 0. The van der Waals surface area contributed by atoms with Gasteiger partial charge in [-0.25, -0.2) is 9.07 Å². The number of rotatable bonds is 4. The minimum absolute atomic E-state index is 0.119. The minimum Gasteiger partial charge on any atom is -0.327 e. The van der Waals surface area contributed by atoms with Crippen molar-refractivity contribution in [3.05, 3.63) is 107 Å². The van der Waals surface area contributed by atoms with Crippen molar-refractivity contribution in [2.24, 2.45) is 7.05 Å². The first-order valence-electron chi connectivity index (χ1n) is 11.4. The predicted octanol–water partition coefficient (Wildman–Crippen LogP) is 4.67. The topological polar surface area (TPSA) is 60.9 Å². The van der Waals surface area contributed by atoms with Gasteiger partial charge in [-0.1, -0.05) is 17.7 Å². The molecule has 0 N–H and O–H groups in total. The molecule has 0 bridgehead atoms. The molecule has 1 aliphatic rings. The highest BCUT2D eigenvalue weighted by atomic mass is 19.1. The number of benzene rings is 2. The minimum atomic E-state index is -0.309. The third-order valence-corrected chi connectivity index (χ3v) is 6.38. The zero-order valence-corrected chi connectivity index (χ0v) is 19.4. The molecule has 0 aliphatic carbocycles. The van der Waals surface area contributed by atoms with Gasteiger partial charge in [-0.3, -0.25) is 9.48 Å². The van der Waals surface area contributed by atoms with Crippen LogP contribution in [0.1, 0.15) is 27.3 Å². The van der Waals surface area contributed by atoms with E-state index in [1.54, 1.807) is 34.8 Å². The number of nitrogens with zero attached hydrogens (tertiary/aromatic N) is 6. The number of carbonyl (C=O) groups is 1. The van der Waals surface area contributed by atoms with E-state index in [2.05, 4.69) is 36.3 Å². The van der Waals surface area contributed by atoms with E-state index < -0.39 is 0 Å². The van der Waals surface area contributed by atoms with Crippen LogP contribution >= 0.6 is 0 Å². The Bertz CT molecular complexity index is 1530. The fraction of sp³-hybridized carbons (Fsp3) is 0.148. The zero-order chi connectivity index (χ0) is 24.1. The summed E-state index contributed by atoms with van der Waals surface area (Å²) in [6.45, 7) is 2.92. The van der Waals surface area contributed by atoms with Gasteiger partial charge in [0.1, 0.15) is 17.3 Å². The molecule has 1 amide bonds. The van der Waals surface area contributed by atoms with Crippen molar-refractivity contribution < 1.29 is 9.18 Å². The standard InChI is InChI=1S/C27H23FN6O/c1-18-5-11-21(12-6-18)34-26(32-13-3-4-14-32)22-16-33(17-24(22)30-34)27(35)25-15-23(29-31(25)2)19-7-9-20(28)10-8-19/h3-15H,16-17H2,1-2H3. The van der Waals surface area contributed by atoms with Gasteiger partial charge in [-0.05, 0) is 61.5 Å². The van der Waals surface area contributed by atoms with Crippen LogP contribution in [0.3, 0.4) is 0 Å².